The Kier molecular flexibility index (Phi) is 4.91. The van der Waals surface area contributed by atoms with Crippen molar-refractivity contribution >= 4 is 0 Å². The Balaban J connectivity index is 2.58. The molecule has 2 aromatic rings. The second-order valence-corrected chi connectivity index (χ2v) is 4.90. The third kappa shape index (κ3) is 3.39. The largest absolute Gasteiger partial charge is 0.496 e. The second-order valence-electron chi connectivity index (χ2n) is 4.90. The Hall–Kier alpha value is -1.94. The third-order valence-corrected chi connectivity index (χ3v) is 3.37. The van der Waals surface area contributed by atoms with Gasteiger partial charge in [-0.25, -0.2) is 8.78 Å². The summed E-state index contributed by atoms with van der Waals surface area (Å²) in [6, 6.07) is 8.73. The Bertz CT molecular complexity index is 628. The number of aryl methyl sites for hydroxylation is 1. The fourth-order valence-corrected chi connectivity index (χ4v) is 2.41. The van der Waals surface area contributed by atoms with Gasteiger partial charge < -0.3 is 10.1 Å². The third-order valence-electron chi connectivity index (χ3n) is 3.37. The molecule has 2 nitrogen and oxygen atoms in total. The summed E-state index contributed by atoms with van der Waals surface area (Å²) in [4.78, 5) is 0. The highest BCUT2D eigenvalue weighted by molar-refractivity contribution is 5.44. The summed E-state index contributed by atoms with van der Waals surface area (Å²) >= 11 is 0. The van der Waals surface area contributed by atoms with E-state index in [1.807, 2.05) is 32.0 Å². The topological polar surface area (TPSA) is 21.3 Å². The molecule has 0 saturated heterocycles. The normalized spacial score (nSPS) is 12.2. The van der Waals surface area contributed by atoms with Crippen molar-refractivity contribution in [2.75, 3.05) is 13.7 Å². The van der Waals surface area contributed by atoms with Gasteiger partial charge in [-0.15, -0.1) is 0 Å². The summed E-state index contributed by atoms with van der Waals surface area (Å²) in [6.07, 6.45) is 0. The molecule has 4 heteroatoms. The van der Waals surface area contributed by atoms with Crippen LogP contribution in [0.1, 0.15) is 29.7 Å². The molecule has 2 rings (SSSR count). The fraction of sp³-hybridized carbons (Fsp3) is 0.294. The average molecular weight is 291 g/mol. The first-order valence-corrected chi connectivity index (χ1v) is 6.89. The number of benzene rings is 2. The van der Waals surface area contributed by atoms with Crippen molar-refractivity contribution in [2.45, 2.75) is 19.9 Å². The van der Waals surface area contributed by atoms with Gasteiger partial charge in [0.2, 0.25) is 0 Å². The average Bonchev–Trinajstić information content (AvgIpc) is 2.47. The summed E-state index contributed by atoms with van der Waals surface area (Å²) in [5.74, 6) is -0.248. The first-order chi connectivity index (χ1) is 10.1. The molecule has 112 valence electrons. The lowest BCUT2D eigenvalue weighted by atomic mass is 9.95. The Morgan fingerprint density at radius 1 is 1.10 bits per heavy atom. The lowest BCUT2D eigenvalue weighted by molar-refractivity contribution is 0.403. The van der Waals surface area contributed by atoms with Gasteiger partial charge in [0.15, 0.2) is 0 Å². The van der Waals surface area contributed by atoms with Crippen molar-refractivity contribution in [3.63, 3.8) is 0 Å². The summed E-state index contributed by atoms with van der Waals surface area (Å²) in [5.41, 5.74) is 2.11. The molecule has 0 radical (unpaired) electrons. The van der Waals surface area contributed by atoms with E-state index >= 15 is 0 Å². The SMILES string of the molecule is CCNC(c1cc(F)ccc1F)c1cc(C)ccc1OC. The van der Waals surface area contributed by atoms with Gasteiger partial charge in [-0.2, -0.15) is 0 Å². The Morgan fingerprint density at radius 2 is 1.86 bits per heavy atom. The molecule has 1 atom stereocenters. The van der Waals surface area contributed by atoms with Crippen LogP contribution in [0.5, 0.6) is 5.75 Å². The molecular weight excluding hydrogens is 272 g/mol. The molecule has 0 amide bonds. The molecule has 0 heterocycles. The summed E-state index contributed by atoms with van der Waals surface area (Å²) < 4.78 is 33.0. The van der Waals surface area contributed by atoms with E-state index in [-0.39, 0.29) is 5.56 Å². The summed E-state index contributed by atoms with van der Waals surface area (Å²) in [6.45, 7) is 4.50. The number of methoxy groups -OCH3 is 1. The van der Waals surface area contributed by atoms with Crippen LogP contribution in [-0.4, -0.2) is 13.7 Å². The summed E-state index contributed by atoms with van der Waals surface area (Å²) in [7, 11) is 1.57. The molecule has 0 aliphatic carbocycles. The van der Waals surface area contributed by atoms with Crippen LogP contribution in [0.2, 0.25) is 0 Å². The van der Waals surface area contributed by atoms with Gasteiger partial charge in [-0.3, -0.25) is 0 Å². The Labute approximate surface area is 123 Å². The van der Waals surface area contributed by atoms with Crippen LogP contribution in [0, 0.1) is 18.6 Å². The maximum Gasteiger partial charge on any atom is 0.128 e. The molecule has 0 aromatic heterocycles. The lowest BCUT2D eigenvalue weighted by Gasteiger charge is -2.22. The number of nitrogens with one attached hydrogen (secondary N) is 1. The van der Waals surface area contributed by atoms with Crippen molar-refractivity contribution in [1.82, 2.24) is 5.32 Å². The van der Waals surface area contributed by atoms with Crippen LogP contribution in [0.15, 0.2) is 36.4 Å². The number of hydrogen-bond donors (Lipinski definition) is 1. The predicted molar refractivity (Wildman–Crippen MR) is 79.6 cm³/mol. The first-order valence-electron chi connectivity index (χ1n) is 6.89. The molecule has 1 unspecified atom stereocenters. The number of rotatable bonds is 5. The highest BCUT2D eigenvalue weighted by Crippen LogP contribution is 2.32. The highest BCUT2D eigenvalue weighted by atomic mass is 19.1. The minimum absolute atomic E-state index is 0.278. The zero-order chi connectivity index (χ0) is 15.4. The van der Waals surface area contributed by atoms with Crippen LogP contribution in [0.3, 0.4) is 0 Å². The van der Waals surface area contributed by atoms with Crippen molar-refractivity contribution in [3.8, 4) is 5.75 Å². The number of halogens is 2. The summed E-state index contributed by atoms with van der Waals surface area (Å²) in [5, 5.41) is 3.20. The van der Waals surface area contributed by atoms with Gasteiger partial charge in [0, 0.05) is 11.1 Å². The lowest BCUT2D eigenvalue weighted by Crippen LogP contribution is -2.23. The van der Waals surface area contributed by atoms with Gasteiger partial charge in [0.1, 0.15) is 17.4 Å². The van der Waals surface area contributed by atoms with Crippen molar-refractivity contribution in [3.05, 3.63) is 64.7 Å². The van der Waals surface area contributed by atoms with Gasteiger partial charge in [0.25, 0.3) is 0 Å². The van der Waals surface area contributed by atoms with E-state index in [4.69, 9.17) is 4.74 Å². The molecule has 2 aromatic carbocycles. The smallest absolute Gasteiger partial charge is 0.128 e. The van der Waals surface area contributed by atoms with E-state index in [2.05, 4.69) is 5.32 Å². The standard InChI is InChI=1S/C17H19F2NO/c1-4-20-17(13-10-12(18)6-7-15(13)19)14-9-11(2)5-8-16(14)21-3/h5-10,17,20H,4H2,1-3H3. The molecule has 0 saturated carbocycles. The van der Waals surface area contributed by atoms with Gasteiger partial charge >= 0.3 is 0 Å². The molecule has 0 fully saturated rings. The van der Waals surface area contributed by atoms with E-state index in [0.29, 0.717) is 12.3 Å². The van der Waals surface area contributed by atoms with Crippen LogP contribution in [-0.2, 0) is 0 Å². The van der Waals surface area contributed by atoms with E-state index < -0.39 is 17.7 Å². The molecule has 0 aliphatic rings. The zero-order valence-electron chi connectivity index (χ0n) is 12.4. The number of ether oxygens (including phenoxy) is 1. The Morgan fingerprint density at radius 3 is 2.52 bits per heavy atom. The van der Waals surface area contributed by atoms with E-state index in [9.17, 15) is 8.78 Å². The monoisotopic (exact) mass is 291 g/mol. The van der Waals surface area contributed by atoms with Gasteiger partial charge in [-0.1, -0.05) is 24.6 Å². The van der Waals surface area contributed by atoms with Gasteiger partial charge in [-0.05, 0) is 37.7 Å². The molecule has 1 N–H and O–H groups in total. The van der Waals surface area contributed by atoms with E-state index in [1.54, 1.807) is 7.11 Å². The zero-order valence-corrected chi connectivity index (χ0v) is 12.4. The van der Waals surface area contributed by atoms with Crippen LogP contribution < -0.4 is 10.1 Å². The highest BCUT2D eigenvalue weighted by Gasteiger charge is 2.21. The predicted octanol–water partition coefficient (Wildman–Crippen LogP) is 3.98. The first kappa shape index (κ1) is 15.4. The van der Waals surface area contributed by atoms with Crippen molar-refractivity contribution < 1.29 is 13.5 Å². The van der Waals surface area contributed by atoms with Crippen molar-refractivity contribution in [2.24, 2.45) is 0 Å². The maximum absolute atomic E-state index is 14.1. The molecule has 0 aliphatic heterocycles. The van der Waals surface area contributed by atoms with Crippen molar-refractivity contribution in [1.29, 1.82) is 0 Å². The maximum atomic E-state index is 14.1. The minimum atomic E-state index is -0.458. The number of hydrogen-bond acceptors (Lipinski definition) is 2. The second kappa shape index (κ2) is 6.68. The molecule has 0 spiro atoms. The molecular formula is C17H19F2NO. The van der Waals surface area contributed by atoms with Crippen LogP contribution >= 0.6 is 0 Å². The van der Waals surface area contributed by atoms with Crippen LogP contribution in [0.4, 0.5) is 8.78 Å². The van der Waals surface area contributed by atoms with Crippen LogP contribution in [0.25, 0.3) is 0 Å². The minimum Gasteiger partial charge on any atom is -0.496 e. The van der Waals surface area contributed by atoms with E-state index in [0.717, 1.165) is 23.3 Å². The molecule has 0 bridgehead atoms. The quantitative estimate of drug-likeness (QED) is 0.899. The van der Waals surface area contributed by atoms with Gasteiger partial charge in [0.05, 0.1) is 13.2 Å². The van der Waals surface area contributed by atoms with E-state index in [1.165, 1.54) is 6.07 Å². The molecule has 21 heavy (non-hydrogen) atoms. The fourth-order valence-electron chi connectivity index (χ4n) is 2.41.